The summed E-state index contributed by atoms with van der Waals surface area (Å²) in [5.74, 6) is 0.751. The first-order valence-electron chi connectivity index (χ1n) is 10.6. The molecule has 4 heterocycles. The van der Waals surface area contributed by atoms with Crippen molar-refractivity contribution in [2.45, 2.75) is 29.8 Å². The smallest absolute Gasteiger partial charge is 0.431 e. The summed E-state index contributed by atoms with van der Waals surface area (Å²) in [6.07, 6.45) is -0.396. The van der Waals surface area contributed by atoms with Crippen LogP contribution in [0.5, 0.6) is 5.75 Å². The second kappa shape index (κ2) is 8.28. The van der Waals surface area contributed by atoms with Crippen molar-refractivity contribution >= 4 is 27.7 Å². The lowest BCUT2D eigenvalue weighted by atomic mass is 9.76. The molecule has 176 valence electrons. The van der Waals surface area contributed by atoms with Crippen molar-refractivity contribution in [1.29, 1.82) is 0 Å². The number of benzene rings is 1. The fourth-order valence-electron chi connectivity index (χ4n) is 4.94. The number of aromatic nitrogens is 3. The lowest BCUT2D eigenvalue weighted by Gasteiger charge is -2.47. The predicted molar refractivity (Wildman–Crippen MR) is 118 cm³/mol. The van der Waals surface area contributed by atoms with Gasteiger partial charge in [-0.3, -0.25) is 4.21 Å². The third-order valence-corrected chi connectivity index (χ3v) is 8.54. The molecule has 33 heavy (non-hydrogen) atoms. The first-order chi connectivity index (χ1) is 15.8. The molecule has 0 radical (unpaired) electrons. The number of H-pyrrole nitrogens is 1. The Bertz CT molecular complexity index is 1190. The predicted octanol–water partition coefficient (Wildman–Crippen LogP) is 4.07. The minimum atomic E-state index is -4.53. The van der Waals surface area contributed by atoms with Gasteiger partial charge in [0.1, 0.15) is 29.2 Å². The Morgan fingerprint density at radius 3 is 2.70 bits per heavy atom. The number of hydrogen-bond acceptors (Lipinski definition) is 6. The second-order valence-electron chi connectivity index (χ2n) is 8.37. The Hall–Kier alpha value is -2.66. The lowest BCUT2D eigenvalue weighted by molar-refractivity contribution is -0.140. The molecule has 5 rings (SSSR count). The van der Waals surface area contributed by atoms with Crippen LogP contribution >= 0.6 is 0 Å². The highest BCUT2D eigenvalue weighted by Crippen LogP contribution is 2.48. The highest BCUT2D eigenvalue weighted by molar-refractivity contribution is 7.85. The average Bonchev–Trinajstić information content (AvgIpc) is 3.26. The van der Waals surface area contributed by atoms with Crippen LogP contribution in [0.25, 0.3) is 11.0 Å². The van der Waals surface area contributed by atoms with Crippen LogP contribution in [0.1, 0.15) is 30.1 Å². The van der Waals surface area contributed by atoms with Crippen LogP contribution in [0.3, 0.4) is 0 Å². The number of fused-ring (bicyclic) bond motifs is 2. The van der Waals surface area contributed by atoms with Gasteiger partial charge in [0.2, 0.25) is 0 Å². The van der Waals surface area contributed by atoms with Crippen LogP contribution in [-0.4, -0.2) is 50.0 Å². The molecule has 0 aliphatic carbocycles. The summed E-state index contributed by atoms with van der Waals surface area (Å²) >= 11 is 0. The van der Waals surface area contributed by atoms with E-state index in [1.807, 2.05) is 24.3 Å². The Morgan fingerprint density at radius 1 is 1.21 bits per heavy atom. The molecule has 2 aromatic heterocycles. The summed E-state index contributed by atoms with van der Waals surface area (Å²) in [4.78, 5) is 10.6. The number of para-hydroxylation sites is 1. The number of aromatic amines is 1. The minimum Gasteiger partial charge on any atom is -0.493 e. The van der Waals surface area contributed by atoms with E-state index >= 15 is 0 Å². The van der Waals surface area contributed by atoms with E-state index < -0.39 is 27.4 Å². The van der Waals surface area contributed by atoms with Crippen LogP contribution in [0.15, 0.2) is 36.7 Å². The van der Waals surface area contributed by atoms with Gasteiger partial charge in [-0.25, -0.2) is 9.97 Å². The summed E-state index contributed by atoms with van der Waals surface area (Å²) in [5, 5.41) is 3.62. The topological polar surface area (TPSA) is 89.1 Å². The van der Waals surface area contributed by atoms with Crippen molar-refractivity contribution in [1.82, 2.24) is 15.0 Å². The number of nitrogens with one attached hydrogen (secondary N) is 2. The van der Waals surface area contributed by atoms with Crippen LogP contribution in [0.2, 0.25) is 0 Å². The zero-order valence-corrected chi connectivity index (χ0v) is 18.6. The van der Waals surface area contributed by atoms with E-state index in [0.717, 1.165) is 11.6 Å². The molecule has 0 amide bonds. The van der Waals surface area contributed by atoms with Crippen LogP contribution in [0.4, 0.5) is 19.0 Å². The van der Waals surface area contributed by atoms with Gasteiger partial charge in [0, 0.05) is 41.8 Å². The summed E-state index contributed by atoms with van der Waals surface area (Å²) in [5.41, 5.74) is 0.0560. The standard InChI is InChI=1S/C22H23F3N4O3S/c1-33(30)21(6-8-31-9-7-21)15-11-32-16-5-3-2-4-13(16)18(15)29-20-14-10-17(22(23,24)25)28-19(14)26-12-27-20/h2-5,10,12,15,18H,6-9,11H2,1H3,(H2,26,27,28,29). The van der Waals surface area contributed by atoms with Crippen LogP contribution < -0.4 is 10.1 Å². The highest BCUT2D eigenvalue weighted by atomic mass is 32.2. The molecule has 3 unspecified atom stereocenters. The maximum absolute atomic E-state index is 13.3. The van der Waals surface area contributed by atoms with Crippen molar-refractivity contribution in [3.05, 3.63) is 47.9 Å². The first kappa shape index (κ1) is 22.1. The van der Waals surface area contributed by atoms with Crippen molar-refractivity contribution in [3.8, 4) is 5.75 Å². The molecular weight excluding hydrogens is 457 g/mol. The van der Waals surface area contributed by atoms with E-state index in [0.29, 0.717) is 38.4 Å². The van der Waals surface area contributed by atoms with Gasteiger partial charge in [0.25, 0.3) is 0 Å². The number of anilines is 1. The maximum atomic E-state index is 13.3. The Balaban J connectivity index is 1.61. The second-order valence-corrected chi connectivity index (χ2v) is 10.1. The van der Waals surface area contributed by atoms with E-state index in [1.165, 1.54) is 6.33 Å². The normalized spacial score (nSPS) is 23.5. The SMILES string of the molecule is CS(=O)C1(C2COc3ccccc3C2Nc2ncnc3[nH]c(C(F)(F)F)cc23)CCOCC1. The molecule has 1 aromatic carbocycles. The molecule has 2 aliphatic rings. The molecule has 0 saturated carbocycles. The van der Waals surface area contributed by atoms with Gasteiger partial charge in [-0.15, -0.1) is 0 Å². The largest absolute Gasteiger partial charge is 0.493 e. The summed E-state index contributed by atoms with van der Waals surface area (Å²) in [7, 11) is -1.19. The maximum Gasteiger partial charge on any atom is 0.431 e. The summed E-state index contributed by atoms with van der Waals surface area (Å²) < 4.78 is 64.0. The monoisotopic (exact) mass is 480 g/mol. The van der Waals surface area contributed by atoms with E-state index in [2.05, 4.69) is 20.3 Å². The van der Waals surface area contributed by atoms with Gasteiger partial charge >= 0.3 is 6.18 Å². The number of halogens is 3. The van der Waals surface area contributed by atoms with E-state index in [1.54, 1.807) is 6.26 Å². The lowest BCUT2D eigenvalue weighted by Crippen LogP contribution is -2.53. The Kier molecular flexibility index (Phi) is 5.56. The summed E-state index contributed by atoms with van der Waals surface area (Å²) in [6.45, 7) is 1.31. The van der Waals surface area contributed by atoms with E-state index in [4.69, 9.17) is 9.47 Å². The molecule has 3 atom stereocenters. The fraction of sp³-hybridized carbons (Fsp3) is 0.455. The third-order valence-electron chi connectivity index (χ3n) is 6.69. The van der Waals surface area contributed by atoms with Crippen LogP contribution in [0, 0.1) is 5.92 Å². The van der Waals surface area contributed by atoms with E-state index in [9.17, 15) is 17.4 Å². The number of alkyl halides is 3. The van der Waals surface area contributed by atoms with Gasteiger partial charge in [-0.1, -0.05) is 18.2 Å². The third kappa shape index (κ3) is 3.86. The van der Waals surface area contributed by atoms with E-state index in [-0.39, 0.29) is 28.8 Å². The number of nitrogens with zero attached hydrogens (tertiary/aromatic N) is 2. The van der Waals surface area contributed by atoms with Gasteiger partial charge in [-0.2, -0.15) is 13.2 Å². The van der Waals surface area contributed by atoms with Gasteiger partial charge in [0.05, 0.1) is 22.8 Å². The Morgan fingerprint density at radius 2 is 1.97 bits per heavy atom. The molecule has 2 aliphatic heterocycles. The van der Waals surface area contributed by atoms with Gasteiger partial charge in [0.15, 0.2) is 0 Å². The molecule has 0 bridgehead atoms. The molecule has 7 nitrogen and oxygen atoms in total. The van der Waals surface area contributed by atoms with Crippen molar-refractivity contribution in [3.63, 3.8) is 0 Å². The molecule has 0 spiro atoms. The van der Waals surface area contributed by atoms with Crippen LogP contribution in [-0.2, 0) is 21.7 Å². The molecule has 1 fully saturated rings. The fourth-order valence-corrected chi connectivity index (χ4v) is 6.31. The number of rotatable bonds is 4. The molecule has 11 heteroatoms. The highest BCUT2D eigenvalue weighted by Gasteiger charge is 2.50. The quantitative estimate of drug-likeness (QED) is 0.585. The molecular formula is C22H23F3N4O3S. The zero-order valence-electron chi connectivity index (χ0n) is 17.8. The average molecular weight is 481 g/mol. The number of hydrogen-bond donors (Lipinski definition) is 2. The first-order valence-corrected chi connectivity index (χ1v) is 12.2. The minimum absolute atomic E-state index is 0.0940. The van der Waals surface area contributed by atoms with Gasteiger partial charge in [-0.05, 0) is 25.0 Å². The van der Waals surface area contributed by atoms with Crippen molar-refractivity contribution in [2.24, 2.45) is 5.92 Å². The Labute approximate surface area is 190 Å². The van der Waals surface area contributed by atoms with Crippen molar-refractivity contribution < 1.29 is 26.9 Å². The van der Waals surface area contributed by atoms with Gasteiger partial charge < -0.3 is 19.8 Å². The molecule has 3 aromatic rings. The van der Waals surface area contributed by atoms with Crippen molar-refractivity contribution in [2.75, 3.05) is 31.4 Å². The zero-order chi connectivity index (χ0) is 23.2. The molecule has 1 saturated heterocycles. The number of ether oxygens (including phenoxy) is 2. The molecule has 2 N–H and O–H groups in total. The summed E-state index contributed by atoms with van der Waals surface area (Å²) in [6, 6.07) is 8.16.